The van der Waals surface area contributed by atoms with Crippen LogP contribution in [-0.2, 0) is 0 Å². The Kier molecular flexibility index (Phi) is 2.88. The summed E-state index contributed by atoms with van der Waals surface area (Å²) in [5.41, 5.74) is 0.614. The van der Waals surface area contributed by atoms with Crippen molar-refractivity contribution in [2.24, 2.45) is 11.8 Å². The Morgan fingerprint density at radius 2 is 2.31 bits per heavy atom. The summed E-state index contributed by atoms with van der Waals surface area (Å²) in [5.74, 6) is 0.680. The monoisotopic (exact) mass is 240 g/mol. The topological polar surface area (TPSA) is 53.4 Å². The first kappa shape index (κ1) is 11.4. The van der Waals surface area contributed by atoms with Crippen LogP contribution < -0.4 is 4.90 Å². The van der Waals surface area contributed by atoms with Crippen molar-refractivity contribution in [1.29, 1.82) is 0 Å². The first-order chi connectivity index (χ1) is 7.49. The van der Waals surface area contributed by atoms with Gasteiger partial charge in [-0.1, -0.05) is 18.3 Å². The molecule has 0 bridgehead atoms. The Labute approximate surface area is 98.9 Å². The zero-order chi connectivity index (χ0) is 11.9. The minimum Gasteiger partial charge on any atom is -0.477 e. The molecule has 0 amide bonds. The Morgan fingerprint density at radius 3 is 2.75 bits per heavy atom. The summed E-state index contributed by atoms with van der Waals surface area (Å²) in [6.45, 7) is 4.97. The molecule has 0 saturated heterocycles. The zero-order valence-corrected chi connectivity index (χ0v) is 10.5. The van der Waals surface area contributed by atoms with Gasteiger partial charge in [0.2, 0.25) is 0 Å². The average Bonchev–Trinajstić information content (AvgIpc) is 2.74. The SMILES string of the molecule is Cc1nc(N(C)CC2CC2C)sc1C(=O)O. The number of anilines is 1. The molecule has 0 aliphatic heterocycles. The molecule has 5 heteroatoms. The molecule has 1 aliphatic rings. The molecule has 2 rings (SSSR count). The second-order valence-electron chi connectivity index (χ2n) is 4.57. The lowest BCUT2D eigenvalue weighted by molar-refractivity contribution is 0.0701. The maximum absolute atomic E-state index is 10.9. The van der Waals surface area contributed by atoms with Gasteiger partial charge in [0.15, 0.2) is 5.13 Å². The summed E-state index contributed by atoms with van der Waals surface area (Å²) in [4.78, 5) is 17.6. The molecule has 1 aliphatic carbocycles. The Hall–Kier alpha value is -1.10. The maximum atomic E-state index is 10.9. The predicted octanol–water partition coefficient (Wildman–Crippen LogP) is 2.24. The molecule has 1 heterocycles. The largest absolute Gasteiger partial charge is 0.477 e. The quantitative estimate of drug-likeness (QED) is 0.877. The molecule has 0 aromatic carbocycles. The van der Waals surface area contributed by atoms with E-state index in [4.69, 9.17) is 5.11 Å². The molecule has 1 aromatic heterocycles. The number of aromatic nitrogens is 1. The number of nitrogens with zero attached hydrogens (tertiary/aromatic N) is 2. The van der Waals surface area contributed by atoms with Crippen LogP contribution in [0.1, 0.15) is 28.7 Å². The van der Waals surface area contributed by atoms with E-state index in [2.05, 4.69) is 16.8 Å². The van der Waals surface area contributed by atoms with Crippen molar-refractivity contribution in [2.75, 3.05) is 18.5 Å². The third-order valence-corrected chi connectivity index (χ3v) is 4.35. The lowest BCUT2D eigenvalue weighted by Gasteiger charge is -2.14. The zero-order valence-electron chi connectivity index (χ0n) is 9.73. The van der Waals surface area contributed by atoms with Gasteiger partial charge in [-0.3, -0.25) is 0 Å². The number of hydrogen-bond donors (Lipinski definition) is 1. The maximum Gasteiger partial charge on any atom is 0.347 e. The summed E-state index contributed by atoms with van der Waals surface area (Å²) in [6.07, 6.45) is 1.28. The fourth-order valence-electron chi connectivity index (χ4n) is 1.83. The second kappa shape index (κ2) is 4.05. The number of aromatic carboxylic acids is 1. The van der Waals surface area contributed by atoms with E-state index in [0.29, 0.717) is 10.6 Å². The molecule has 2 unspecified atom stereocenters. The number of carboxylic acids is 1. The summed E-state index contributed by atoms with van der Waals surface area (Å²) >= 11 is 1.26. The first-order valence-corrected chi connectivity index (χ1v) is 6.22. The van der Waals surface area contributed by atoms with E-state index in [1.165, 1.54) is 17.8 Å². The van der Waals surface area contributed by atoms with Crippen LogP contribution >= 0.6 is 11.3 Å². The average molecular weight is 240 g/mol. The molecule has 1 saturated carbocycles. The van der Waals surface area contributed by atoms with Gasteiger partial charge in [-0.2, -0.15) is 0 Å². The molecule has 16 heavy (non-hydrogen) atoms. The fraction of sp³-hybridized carbons (Fsp3) is 0.636. The van der Waals surface area contributed by atoms with E-state index in [1.54, 1.807) is 6.92 Å². The van der Waals surface area contributed by atoms with E-state index >= 15 is 0 Å². The van der Waals surface area contributed by atoms with Crippen LogP contribution in [0.5, 0.6) is 0 Å². The molecule has 1 fully saturated rings. The van der Waals surface area contributed by atoms with Crippen molar-refractivity contribution in [1.82, 2.24) is 4.98 Å². The molecule has 88 valence electrons. The lowest BCUT2D eigenvalue weighted by atomic mass is 10.3. The van der Waals surface area contributed by atoms with Gasteiger partial charge in [-0.25, -0.2) is 9.78 Å². The molecule has 1 N–H and O–H groups in total. The molecule has 0 spiro atoms. The van der Waals surface area contributed by atoms with Gasteiger partial charge >= 0.3 is 5.97 Å². The molecule has 4 nitrogen and oxygen atoms in total. The van der Waals surface area contributed by atoms with Gasteiger partial charge in [0.05, 0.1) is 5.69 Å². The van der Waals surface area contributed by atoms with Crippen molar-refractivity contribution >= 4 is 22.4 Å². The van der Waals surface area contributed by atoms with Crippen molar-refractivity contribution in [3.63, 3.8) is 0 Å². The number of thiazole rings is 1. The van der Waals surface area contributed by atoms with Crippen molar-refractivity contribution in [2.45, 2.75) is 20.3 Å². The molecule has 1 aromatic rings. The molecule has 0 radical (unpaired) electrons. The van der Waals surface area contributed by atoms with Crippen molar-refractivity contribution < 1.29 is 9.90 Å². The number of carbonyl (C=O) groups is 1. The Morgan fingerprint density at radius 1 is 1.69 bits per heavy atom. The first-order valence-electron chi connectivity index (χ1n) is 5.41. The van der Waals surface area contributed by atoms with Crippen LogP contribution in [0, 0.1) is 18.8 Å². The summed E-state index contributed by atoms with van der Waals surface area (Å²) in [5, 5.41) is 9.76. The number of aryl methyl sites for hydroxylation is 1. The third-order valence-electron chi connectivity index (χ3n) is 3.09. The van der Waals surface area contributed by atoms with E-state index in [-0.39, 0.29) is 0 Å². The summed E-state index contributed by atoms with van der Waals surface area (Å²) < 4.78 is 0. The second-order valence-corrected chi connectivity index (χ2v) is 5.55. The minimum atomic E-state index is -0.880. The van der Waals surface area contributed by atoms with Crippen LogP contribution in [0.3, 0.4) is 0 Å². The van der Waals surface area contributed by atoms with Crippen LogP contribution in [0.25, 0.3) is 0 Å². The summed E-state index contributed by atoms with van der Waals surface area (Å²) in [6, 6.07) is 0. The van der Waals surface area contributed by atoms with E-state index in [9.17, 15) is 4.79 Å². The third kappa shape index (κ3) is 2.19. The minimum absolute atomic E-state index is 0.352. The van der Waals surface area contributed by atoms with Crippen LogP contribution in [0.15, 0.2) is 0 Å². The fourth-order valence-corrected chi connectivity index (χ4v) is 2.70. The molecular formula is C11H16N2O2S. The van der Waals surface area contributed by atoms with Gasteiger partial charge in [-0.05, 0) is 25.2 Å². The van der Waals surface area contributed by atoms with Gasteiger partial charge in [0.25, 0.3) is 0 Å². The van der Waals surface area contributed by atoms with Gasteiger partial charge in [0.1, 0.15) is 4.88 Å². The molecule has 2 atom stereocenters. The highest BCUT2D eigenvalue weighted by atomic mass is 32.1. The van der Waals surface area contributed by atoms with Gasteiger partial charge < -0.3 is 10.0 Å². The number of hydrogen-bond acceptors (Lipinski definition) is 4. The van der Waals surface area contributed by atoms with E-state index < -0.39 is 5.97 Å². The lowest BCUT2D eigenvalue weighted by Crippen LogP contribution is -2.20. The Bertz CT molecular complexity index is 416. The number of rotatable bonds is 4. The van der Waals surface area contributed by atoms with E-state index in [1.807, 2.05) is 7.05 Å². The molecular weight excluding hydrogens is 224 g/mol. The standard InChI is InChI=1S/C11H16N2O2S/c1-6-4-8(6)5-13(3)11-12-7(2)9(16-11)10(14)15/h6,8H,4-5H2,1-3H3,(H,14,15). The normalized spacial score (nSPS) is 23.2. The summed E-state index contributed by atoms with van der Waals surface area (Å²) in [7, 11) is 1.98. The predicted molar refractivity (Wildman–Crippen MR) is 64.4 cm³/mol. The highest BCUT2D eigenvalue weighted by Gasteiger charge is 2.33. The van der Waals surface area contributed by atoms with Crippen molar-refractivity contribution in [3.05, 3.63) is 10.6 Å². The Balaban J connectivity index is 2.08. The van der Waals surface area contributed by atoms with Crippen LogP contribution in [0.2, 0.25) is 0 Å². The highest BCUT2D eigenvalue weighted by molar-refractivity contribution is 7.17. The van der Waals surface area contributed by atoms with Gasteiger partial charge in [-0.15, -0.1) is 0 Å². The van der Waals surface area contributed by atoms with Crippen LogP contribution in [-0.4, -0.2) is 29.7 Å². The van der Waals surface area contributed by atoms with E-state index in [0.717, 1.165) is 23.5 Å². The highest BCUT2D eigenvalue weighted by Crippen LogP contribution is 2.39. The van der Waals surface area contributed by atoms with Gasteiger partial charge in [0, 0.05) is 13.6 Å². The smallest absolute Gasteiger partial charge is 0.347 e. The van der Waals surface area contributed by atoms with Crippen molar-refractivity contribution in [3.8, 4) is 0 Å². The number of carboxylic acid groups (broad SMARTS) is 1. The van der Waals surface area contributed by atoms with Crippen LogP contribution in [0.4, 0.5) is 5.13 Å².